The number of carbonyl (C=O) groups excluding carboxylic acids is 2. The van der Waals surface area contributed by atoms with Crippen molar-refractivity contribution in [3.8, 4) is 0 Å². The topological polar surface area (TPSA) is 89.5 Å². The van der Waals surface area contributed by atoms with Crippen LogP contribution in [0.4, 0.5) is 0 Å². The summed E-state index contributed by atoms with van der Waals surface area (Å²) in [5.74, 6) is -1.11. The highest BCUT2D eigenvalue weighted by Crippen LogP contribution is 2.13. The number of methoxy groups -OCH3 is 1. The maximum atomic E-state index is 11.6. The molecule has 0 spiro atoms. The lowest BCUT2D eigenvalue weighted by Gasteiger charge is -2.16. The van der Waals surface area contributed by atoms with Crippen LogP contribution in [0.3, 0.4) is 0 Å². The van der Waals surface area contributed by atoms with E-state index in [0.29, 0.717) is 0 Å². The third kappa shape index (κ3) is 5.08. The summed E-state index contributed by atoms with van der Waals surface area (Å²) in [6, 6.07) is 0. The Morgan fingerprint density at radius 3 is 2.60 bits per heavy atom. The first-order valence-electron chi connectivity index (χ1n) is 6.37. The van der Waals surface area contributed by atoms with Crippen molar-refractivity contribution in [2.45, 2.75) is 26.1 Å². The first-order chi connectivity index (χ1) is 9.62. The van der Waals surface area contributed by atoms with Crippen molar-refractivity contribution in [1.82, 2.24) is 0 Å². The standard InChI is InChI=1S/C11H19BO8/c1-4-16-10(13)8(6-15-3)19-12-18-7-9(20-12)11(14)17-5-2/h8-9H,4-7H2,1-3H3. The minimum atomic E-state index is -1.13. The smallest absolute Gasteiger partial charge is 0.464 e. The van der Waals surface area contributed by atoms with Crippen molar-refractivity contribution in [1.29, 1.82) is 0 Å². The molecule has 0 aromatic heterocycles. The van der Waals surface area contributed by atoms with Gasteiger partial charge in [-0.3, -0.25) is 0 Å². The number of hydrogen-bond donors (Lipinski definition) is 0. The van der Waals surface area contributed by atoms with Gasteiger partial charge in [0.05, 0.1) is 26.4 Å². The lowest BCUT2D eigenvalue weighted by Crippen LogP contribution is -2.38. The molecular weight excluding hydrogens is 271 g/mol. The molecule has 0 bridgehead atoms. The van der Waals surface area contributed by atoms with Crippen molar-refractivity contribution in [3.05, 3.63) is 0 Å². The van der Waals surface area contributed by atoms with E-state index < -0.39 is 31.5 Å². The number of ether oxygens (including phenoxy) is 3. The van der Waals surface area contributed by atoms with Crippen molar-refractivity contribution >= 4 is 19.3 Å². The summed E-state index contributed by atoms with van der Waals surface area (Å²) < 4.78 is 30.1. The average molecular weight is 290 g/mol. The summed E-state index contributed by atoms with van der Waals surface area (Å²) in [5, 5.41) is 0. The molecule has 1 saturated heterocycles. The minimum absolute atomic E-state index is 0.00598. The molecule has 0 aromatic rings. The average Bonchev–Trinajstić information content (AvgIpc) is 2.87. The molecule has 114 valence electrons. The molecule has 0 radical (unpaired) electrons. The van der Waals surface area contributed by atoms with Crippen molar-refractivity contribution < 1.29 is 37.8 Å². The van der Waals surface area contributed by atoms with Crippen LogP contribution in [-0.2, 0) is 37.8 Å². The zero-order valence-corrected chi connectivity index (χ0v) is 11.8. The molecule has 1 fully saturated rings. The van der Waals surface area contributed by atoms with E-state index in [9.17, 15) is 9.59 Å². The lowest BCUT2D eigenvalue weighted by atomic mass is 10.2. The molecule has 20 heavy (non-hydrogen) atoms. The molecule has 1 aliphatic rings. The molecule has 9 heteroatoms. The molecule has 8 nitrogen and oxygen atoms in total. The highest BCUT2D eigenvalue weighted by molar-refractivity contribution is 6.38. The lowest BCUT2D eigenvalue weighted by molar-refractivity contribution is -0.155. The van der Waals surface area contributed by atoms with E-state index in [1.54, 1.807) is 13.8 Å². The summed E-state index contributed by atoms with van der Waals surface area (Å²) in [5.41, 5.74) is 0. The van der Waals surface area contributed by atoms with Gasteiger partial charge in [0.25, 0.3) is 0 Å². The molecular formula is C11H19BO8. The molecule has 2 unspecified atom stereocenters. The van der Waals surface area contributed by atoms with Crippen molar-refractivity contribution in [2.24, 2.45) is 0 Å². The Bertz CT molecular complexity index is 324. The molecule has 0 N–H and O–H groups in total. The summed E-state index contributed by atoms with van der Waals surface area (Å²) in [6.45, 7) is 3.84. The van der Waals surface area contributed by atoms with Crippen LogP contribution in [0.1, 0.15) is 13.8 Å². The highest BCUT2D eigenvalue weighted by atomic mass is 16.8. The zero-order valence-electron chi connectivity index (χ0n) is 11.8. The largest absolute Gasteiger partial charge is 0.641 e. The van der Waals surface area contributed by atoms with Gasteiger partial charge >= 0.3 is 19.3 Å². The Kier molecular flexibility index (Phi) is 7.52. The van der Waals surface area contributed by atoms with Gasteiger partial charge in [-0.2, -0.15) is 0 Å². The molecule has 2 atom stereocenters. The second-order valence-corrected chi connectivity index (χ2v) is 3.83. The van der Waals surface area contributed by atoms with Gasteiger partial charge in [-0.15, -0.1) is 0 Å². The predicted molar refractivity (Wildman–Crippen MR) is 66.6 cm³/mol. The van der Waals surface area contributed by atoms with E-state index in [2.05, 4.69) is 0 Å². The minimum Gasteiger partial charge on any atom is -0.464 e. The van der Waals surface area contributed by atoms with Gasteiger partial charge in [-0.1, -0.05) is 0 Å². The SMILES string of the molecule is CCOC(=O)C(COC)OB1OCC(C(=O)OCC)O1. The molecule has 0 saturated carbocycles. The van der Waals surface area contributed by atoms with E-state index in [0.717, 1.165) is 0 Å². The predicted octanol–water partition coefficient (Wildman–Crippen LogP) is -0.455. The van der Waals surface area contributed by atoms with Crippen LogP contribution in [0.5, 0.6) is 0 Å². The third-order valence-electron chi connectivity index (χ3n) is 2.35. The van der Waals surface area contributed by atoms with Gasteiger partial charge in [-0.25, -0.2) is 9.59 Å². The summed E-state index contributed by atoms with van der Waals surface area (Å²) >= 11 is 0. The molecule has 1 rings (SSSR count). The molecule has 1 aliphatic heterocycles. The van der Waals surface area contributed by atoms with Crippen LogP contribution in [0.15, 0.2) is 0 Å². The van der Waals surface area contributed by atoms with Crippen molar-refractivity contribution in [2.75, 3.05) is 33.5 Å². The fourth-order valence-corrected chi connectivity index (χ4v) is 1.49. The maximum Gasteiger partial charge on any atom is 0.641 e. The second-order valence-electron chi connectivity index (χ2n) is 3.83. The first kappa shape index (κ1) is 16.9. The molecule has 0 aromatic carbocycles. The number of esters is 2. The third-order valence-corrected chi connectivity index (χ3v) is 2.35. The number of rotatable bonds is 8. The zero-order chi connectivity index (χ0) is 15.0. The summed E-state index contributed by atoms with van der Waals surface area (Å²) in [6.07, 6.45) is -1.84. The van der Waals surface area contributed by atoms with Gasteiger partial charge in [-0.05, 0) is 13.8 Å². The maximum absolute atomic E-state index is 11.6. The Morgan fingerprint density at radius 2 is 2.00 bits per heavy atom. The fraction of sp³-hybridized carbons (Fsp3) is 0.818. The Hall–Kier alpha value is -1.16. The van der Waals surface area contributed by atoms with Crippen LogP contribution in [0, 0.1) is 0 Å². The summed E-state index contributed by atoms with van der Waals surface area (Å²) in [7, 11) is 0.293. The van der Waals surface area contributed by atoms with Crippen molar-refractivity contribution in [3.63, 3.8) is 0 Å². The van der Waals surface area contributed by atoms with E-state index in [4.69, 9.17) is 28.2 Å². The van der Waals surface area contributed by atoms with E-state index in [-0.39, 0.29) is 26.4 Å². The van der Waals surface area contributed by atoms with Gasteiger partial charge in [0.1, 0.15) is 0 Å². The Balaban J connectivity index is 2.46. The van der Waals surface area contributed by atoms with Gasteiger partial charge < -0.3 is 28.2 Å². The molecule has 0 aliphatic carbocycles. The van der Waals surface area contributed by atoms with Crippen LogP contribution in [-0.4, -0.2) is 65.0 Å². The number of hydrogen-bond acceptors (Lipinski definition) is 8. The summed E-state index contributed by atoms with van der Waals surface area (Å²) in [4.78, 5) is 23.0. The van der Waals surface area contributed by atoms with Crippen LogP contribution in [0.2, 0.25) is 0 Å². The van der Waals surface area contributed by atoms with E-state index >= 15 is 0 Å². The second kappa shape index (κ2) is 8.91. The fourth-order valence-electron chi connectivity index (χ4n) is 1.49. The Labute approximate surface area is 117 Å². The van der Waals surface area contributed by atoms with Gasteiger partial charge in [0, 0.05) is 7.11 Å². The van der Waals surface area contributed by atoms with Crippen LogP contribution >= 0.6 is 0 Å². The first-order valence-corrected chi connectivity index (χ1v) is 6.37. The Morgan fingerprint density at radius 1 is 1.30 bits per heavy atom. The quantitative estimate of drug-likeness (QED) is 0.438. The highest BCUT2D eigenvalue weighted by Gasteiger charge is 2.41. The van der Waals surface area contributed by atoms with Crippen LogP contribution in [0.25, 0.3) is 0 Å². The molecule has 0 amide bonds. The number of carbonyl (C=O) groups is 2. The van der Waals surface area contributed by atoms with Crippen LogP contribution < -0.4 is 0 Å². The van der Waals surface area contributed by atoms with E-state index in [1.165, 1.54) is 7.11 Å². The van der Waals surface area contributed by atoms with Gasteiger partial charge in [0.15, 0.2) is 12.2 Å². The monoisotopic (exact) mass is 290 g/mol. The normalized spacial score (nSPS) is 19.8. The van der Waals surface area contributed by atoms with Gasteiger partial charge in [0.2, 0.25) is 0 Å². The van der Waals surface area contributed by atoms with E-state index in [1.807, 2.05) is 0 Å². The molecule has 1 heterocycles.